The summed E-state index contributed by atoms with van der Waals surface area (Å²) in [6.45, 7) is 5.15. The summed E-state index contributed by atoms with van der Waals surface area (Å²) in [5, 5.41) is 6.83. The maximum atomic E-state index is 11.5. The fraction of sp³-hybridized carbons (Fsp3) is 0.556. The molecule has 0 unspecified atom stereocenters. The molecular formula is C9H16N4O. The number of aromatic nitrogens is 2. The molecule has 0 fully saturated rings. The summed E-state index contributed by atoms with van der Waals surface area (Å²) in [6.07, 6.45) is 1.75. The SMILES string of the molecule is Cc1nn(C)cc1NC(=O)C(C)(C)N. The second kappa shape index (κ2) is 3.42. The molecule has 0 aliphatic carbocycles. The number of hydrogen-bond acceptors (Lipinski definition) is 3. The molecule has 0 aromatic carbocycles. The highest BCUT2D eigenvalue weighted by molar-refractivity contribution is 5.97. The standard InChI is InChI=1S/C9H16N4O/c1-6-7(5-13(4)12-6)11-8(14)9(2,3)10/h5H,10H2,1-4H3,(H,11,14). The van der Waals surface area contributed by atoms with Crippen LogP contribution >= 0.6 is 0 Å². The summed E-state index contributed by atoms with van der Waals surface area (Å²) in [6, 6.07) is 0. The molecule has 0 aliphatic rings. The minimum absolute atomic E-state index is 0.214. The number of nitrogens with one attached hydrogen (secondary N) is 1. The van der Waals surface area contributed by atoms with Gasteiger partial charge in [-0.05, 0) is 20.8 Å². The van der Waals surface area contributed by atoms with E-state index in [1.807, 2.05) is 6.92 Å². The van der Waals surface area contributed by atoms with E-state index in [2.05, 4.69) is 10.4 Å². The molecule has 78 valence electrons. The lowest BCUT2D eigenvalue weighted by Crippen LogP contribution is -2.45. The van der Waals surface area contributed by atoms with Crippen LogP contribution in [-0.4, -0.2) is 21.2 Å². The van der Waals surface area contributed by atoms with Crippen molar-refractivity contribution in [1.82, 2.24) is 9.78 Å². The molecule has 14 heavy (non-hydrogen) atoms. The molecule has 1 aromatic rings. The zero-order valence-corrected chi connectivity index (χ0v) is 8.96. The Bertz CT molecular complexity index is 348. The fourth-order valence-electron chi connectivity index (χ4n) is 1.01. The summed E-state index contributed by atoms with van der Waals surface area (Å²) in [7, 11) is 1.80. The van der Waals surface area contributed by atoms with Crippen molar-refractivity contribution < 1.29 is 4.79 Å². The van der Waals surface area contributed by atoms with E-state index in [9.17, 15) is 4.79 Å². The molecule has 0 saturated carbocycles. The van der Waals surface area contributed by atoms with Gasteiger partial charge in [0.25, 0.3) is 0 Å². The molecule has 1 heterocycles. The third kappa shape index (κ3) is 2.32. The van der Waals surface area contributed by atoms with Crippen LogP contribution in [0.5, 0.6) is 0 Å². The second-order valence-electron chi connectivity index (χ2n) is 3.98. The minimum Gasteiger partial charge on any atom is -0.322 e. The summed E-state index contributed by atoms with van der Waals surface area (Å²) in [5.74, 6) is -0.214. The van der Waals surface area contributed by atoms with Crippen LogP contribution in [0.25, 0.3) is 0 Å². The highest BCUT2D eigenvalue weighted by atomic mass is 16.2. The first-order chi connectivity index (χ1) is 6.30. The molecule has 5 heteroatoms. The van der Waals surface area contributed by atoms with Crippen molar-refractivity contribution >= 4 is 11.6 Å². The van der Waals surface area contributed by atoms with Crippen molar-refractivity contribution in [1.29, 1.82) is 0 Å². The first-order valence-corrected chi connectivity index (χ1v) is 4.41. The van der Waals surface area contributed by atoms with Gasteiger partial charge in [-0.3, -0.25) is 9.48 Å². The van der Waals surface area contributed by atoms with Gasteiger partial charge in [0.1, 0.15) is 0 Å². The number of carbonyl (C=O) groups excluding carboxylic acids is 1. The van der Waals surface area contributed by atoms with E-state index in [0.717, 1.165) is 5.69 Å². The molecule has 5 nitrogen and oxygen atoms in total. The summed E-state index contributed by atoms with van der Waals surface area (Å²) in [5.41, 5.74) is 6.26. The smallest absolute Gasteiger partial charge is 0.243 e. The van der Waals surface area contributed by atoms with Gasteiger partial charge < -0.3 is 11.1 Å². The zero-order valence-electron chi connectivity index (χ0n) is 8.96. The van der Waals surface area contributed by atoms with E-state index in [0.29, 0.717) is 5.69 Å². The first kappa shape index (κ1) is 10.7. The van der Waals surface area contributed by atoms with Gasteiger partial charge in [0.2, 0.25) is 5.91 Å². The van der Waals surface area contributed by atoms with Crippen molar-refractivity contribution in [3.8, 4) is 0 Å². The third-order valence-corrected chi connectivity index (χ3v) is 1.85. The Balaban J connectivity index is 2.80. The number of hydrogen-bond donors (Lipinski definition) is 2. The third-order valence-electron chi connectivity index (χ3n) is 1.85. The topological polar surface area (TPSA) is 72.9 Å². The van der Waals surface area contributed by atoms with Gasteiger partial charge in [0.05, 0.1) is 16.9 Å². The number of carbonyl (C=O) groups is 1. The molecule has 0 atom stereocenters. The second-order valence-corrected chi connectivity index (χ2v) is 3.98. The first-order valence-electron chi connectivity index (χ1n) is 4.41. The Labute approximate surface area is 83.3 Å². The maximum absolute atomic E-state index is 11.5. The van der Waals surface area contributed by atoms with Crippen LogP contribution < -0.4 is 11.1 Å². The predicted octanol–water partition coefficient (Wildman–Crippen LogP) is 0.404. The fourth-order valence-corrected chi connectivity index (χ4v) is 1.01. The van der Waals surface area contributed by atoms with Crippen molar-refractivity contribution in [2.45, 2.75) is 26.3 Å². The molecule has 1 aromatic heterocycles. The predicted molar refractivity (Wildman–Crippen MR) is 54.8 cm³/mol. The van der Waals surface area contributed by atoms with E-state index >= 15 is 0 Å². The van der Waals surface area contributed by atoms with Gasteiger partial charge in [-0.2, -0.15) is 5.10 Å². The average molecular weight is 196 g/mol. The van der Waals surface area contributed by atoms with Crippen LogP contribution in [0.4, 0.5) is 5.69 Å². The lowest BCUT2D eigenvalue weighted by Gasteiger charge is -2.17. The number of aryl methyl sites for hydroxylation is 2. The van der Waals surface area contributed by atoms with E-state index in [1.165, 1.54) is 0 Å². The molecule has 0 saturated heterocycles. The molecular weight excluding hydrogens is 180 g/mol. The Hall–Kier alpha value is -1.36. The van der Waals surface area contributed by atoms with E-state index in [4.69, 9.17) is 5.73 Å². The van der Waals surface area contributed by atoms with E-state index < -0.39 is 5.54 Å². The quantitative estimate of drug-likeness (QED) is 0.719. The number of nitrogens with two attached hydrogens (primary N) is 1. The Morgan fingerprint density at radius 3 is 2.57 bits per heavy atom. The number of amides is 1. The normalized spacial score (nSPS) is 11.5. The van der Waals surface area contributed by atoms with E-state index in [-0.39, 0.29) is 5.91 Å². The summed E-state index contributed by atoms with van der Waals surface area (Å²) >= 11 is 0. The maximum Gasteiger partial charge on any atom is 0.243 e. The lowest BCUT2D eigenvalue weighted by atomic mass is 10.1. The molecule has 0 aliphatic heterocycles. The Morgan fingerprint density at radius 1 is 1.64 bits per heavy atom. The van der Waals surface area contributed by atoms with Crippen molar-refractivity contribution in [2.75, 3.05) is 5.32 Å². The van der Waals surface area contributed by atoms with Crippen molar-refractivity contribution in [3.63, 3.8) is 0 Å². The van der Waals surface area contributed by atoms with Crippen molar-refractivity contribution in [3.05, 3.63) is 11.9 Å². The van der Waals surface area contributed by atoms with Crippen LogP contribution in [0.1, 0.15) is 19.5 Å². The van der Waals surface area contributed by atoms with Gasteiger partial charge >= 0.3 is 0 Å². The minimum atomic E-state index is -0.873. The monoisotopic (exact) mass is 196 g/mol. The lowest BCUT2D eigenvalue weighted by molar-refractivity contribution is -0.120. The van der Waals surface area contributed by atoms with Crippen molar-refractivity contribution in [2.24, 2.45) is 12.8 Å². The van der Waals surface area contributed by atoms with Crippen LogP contribution in [0.15, 0.2) is 6.20 Å². The molecule has 3 N–H and O–H groups in total. The van der Waals surface area contributed by atoms with Crippen LogP contribution in [-0.2, 0) is 11.8 Å². The molecule has 1 amide bonds. The van der Waals surface area contributed by atoms with Gasteiger partial charge in [-0.15, -0.1) is 0 Å². The van der Waals surface area contributed by atoms with Gasteiger partial charge in [-0.25, -0.2) is 0 Å². The van der Waals surface area contributed by atoms with Crippen LogP contribution in [0.2, 0.25) is 0 Å². The van der Waals surface area contributed by atoms with Gasteiger partial charge in [-0.1, -0.05) is 0 Å². The van der Waals surface area contributed by atoms with Gasteiger partial charge in [0.15, 0.2) is 0 Å². The van der Waals surface area contributed by atoms with E-state index in [1.54, 1.807) is 31.8 Å². The number of rotatable bonds is 2. The molecule has 1 rings (SSSR count). The number of nitrogens with zero attached hydrogens (tertiary/aromatic N) is 2. The Kier molecular flexibility index (Phi) is 2.62. The molecule has 0 spiro atoms. The van der Waals surface area contributed by atoms with Gasteiger partial charge in [0, 0.05) is 13.2 Å². The van der Waals surface area contributed by atoms with Crippen LogP contribution in [0.3, 0.4) is 0 Å². The average Bonchev–Trinajstić information content (AvgIpc) is 2.28. The Morgan fingerprint density at radius 2 is 2.21 bits per heavy atom. The van der Waals surface area contributed by atoms with Crippen LogP contribution in [0, 0.1) is 6.92 Å². The number of anilines is 1. The highest BCUT2D eigenvalue weighted by Gasteiger charge is 2.22. The summed E-state index contributed by atoms with van der Waals surface area (Å²) in [4.78, 5) is 11.5. The molecule has 0 bridgehead atoms. The largest absolute Gasteiger partial charge is 0.322 e. The highest BCUT2D eigenvalue weighted by Crippen LogP contribution is 2.13. The summed E-state index contributed by atoms with van der Waals surface area (Å²) < 4.78 is 1.65. The molecule has 0 radical (unpaired) electrons. The zero-order chi connectivity index (χ0) is 10.9.